The summed E-state index contributed by atoms with van der Waals surface area (Å²) in [5.74, 6) is 0.149. The summed E-state index contributed by atoms with van der Waals surface area (Å²) in [5, 5.41) is 0. The highest BCUT2D eigenvalue weighted by molar-refractivity contribution is 5.96. The topological polar surface area (TPSA) is 57.7 Å². The minimum absolute atomic E-state index is 0.0708. The number of hydrogen-bond acceptors (Lipinski definition) is 3. The van der Waals surface area contributed by atoms with Gasteiger partial charge in [0.25, 0.3) is 0 Å². The van der Waals surface area contributed by atoms with Crippen molar-refractivity contribution in [3.8, 4) is 0 Å². The van der Waals surface area contributed by atoms with Crippen molar-refractivity contribution in [3.05, 3.63) is 35.9 Å². The molecule has 21 heavy (non-hydrogen) atoms. The van der Waals surface area contributed by atoms with E-state index in [-0.39, 0.29) is 11.7 Å². The molecule has 2 amide bonds. The molecular formula is C16H20N2O3. The Kier molecular flexibility index (Phi) is 5.49. The van der Waals surface area contributed by atoms with Crippen molar-refractivity contribution in [2.24, 2.45) is 0 Å². The Morgan fingerprint density at radius 1 is 1.00 bits per heavy atom. The van der Waals surface area contributed by atoms with Crippen LogP contribution < -0.4 is 0 Å². The number of amides is 2. The van der Waals surface area contributed by atoms with Crippen LogP contribution in [0.5, 0.6) is 0 Å². The van der Waals surface area contributed by atoms with Gasteiger partial charge in [-0.25, -0.2) is 0 Å². The summed E-state index contributed by atoms with van der Waals surface area (Å²) in [4.78, 5) is 38.0. The molecule has 5 heteroatoms. The molecule has 1 fully saturated rings. The van der Waals surface area contributed by atoms with E-state index in [0.29, 0.717) is 51.0 Å². The zero-order valence-electron chi connectivity index (χ0n) is 12.0. The van der Waals surface area contributed by atoms with E-state index < -0.39 is 0 Å². The zero-order valence-corrected chi connectivity index (χ0v) is 12.0. The van der Waals surface area contributed by atoms with E-state index in [4.69, 9.17) is 0 Å². The van der Waals surface area contributed by atoms with E-state index in [0.717, 1.165) is 6.41 Å². The molecule has 0 spiro atoms. The van der Waals surface area contributed by atoms with Gasteiger partial charge in [0.2, 0.25) is 12.3 Å². The smallest absolute Gasteiger partial charge is 0.222 e. The minimum atomic E-state index is 0.0708. The normalized spacial score (nSPS) is 14.9. The Bertz CT molecular complexity index is 494. The number of nitrogens with zero attached hydrogens (tertiary/aromatic N) is 2. The first-order valence-corrected chi connectivity index (χ1v) is 7.26. The number of piperazine rings is 1. The lowest BCUT2D eigenvalue weighted by molar-refractivity contribution is -0.135. The Labute approximate surface area is 124 Å². The van der Waals surface area contributed by atoms with Crippen molar-refractivity contribution in [2.75, 3.05) is 26.2 Å². The first-order valence-electron chi connectivity index (χ1n) is 7.26. The van der Waals surface area contributed by atoms with Crippen LogP contribution in [0.1, 0.15) is 29.6 Å². The van der Waals surface area contributed by atoms with Gasteiger partial charge in [-0.2, -0.15) is 0 Å². The van der Waals surface area contributed by atoms with Crippen molar-refractivity contribution in [1.29, 1.82) is 0 Å². The van der Waals surface area contributed by atoms with E-state index in [2.05, 4.69) is 0 Å². The van der Waals surface area contributed by atoms with E-state index >= 15 is 0 Å². The van der Waals surface area contributed by atoms with Crippen LogP contribution in [0.2, 0.25) is 0 Å². The largest absolute Gasteiger partial charge is 0.342 e. The number of rotatable bonds is 6. The average Bonchev–Trinajstić information content (AvgIpc) is 2.55. The molecule has 0 N–H and O–H groups in total. The zero-order chi connectivity index (χ0) is 15.1. The van der Waals surface area contributed by atoms with Gasteiger partial charge in [0.15, 0.2) is 5.78 Å². The summed E-state index contributed by atoms with van der Waals surface area (Å²) in [6.45, 7) is 2.37. The molecule has 0 aromatic heterocycles. The summed E-state index contributed by atoms with van der Waals surface area (Å²) in [6.07, 6.45) is 2.17. The maximum Gasteiger partial charge on any atom is 0.222 e. The molecule has 0 radical (unpaired) electrons. The predicted molar refractivity (Wildman–Crippen MR) is 78.8 cm³/mol. The molecule has 0 unspecified atom stereocenters. The van der Waals surface area contributed by atoms with Crippen LogP contribution in [0, 0.1) is 0 Å². The number of benzene rings is 1. The van der Waals surface area contributed by atoms with Crippen molar-refractivity contribution in [3.63, 3.8) is 0 Å². The fourth-order valence-electron chi connectivity index (χ4n) is 2.40. The fourth-order valence-corrected chi connectivity index (χ4v) is 2.40. The summed E-state index contributed by atoms with van der Waals surface area (Å²) in [7, 11) is 0. The highest BCUT2D eigenvalue weighted by Crippen LogP contribution is 2.09. The Balaban J connectivity index is 1.70. The third-order valence-corrected chi connectivity index (χ3v) is 3.71. The van der Waals surface area contributed by atoms with Gasteiger partial charge in [-0.05, 0) is 6.42 Å². The second kappa shape index (κ2) is 7.57. The molecule has 112 valence electrons. The standard InChI is InChI=1S/C16H20N2O3/c19-13-17-9-11-18(12-10-17)16(21)8-4-7-15(20)14-5-2-1-3-6-14/h1-3,5-6,13H,4,7-12H2. The highest BCUT2D eigenvalue weighted by atomic mass is 16.2. The summed E-state index contributed by atoms with van der Waals surface area (Å²) >= 11 is 0. The summed E-state index contributed by atoms with van der Waals surface area (Å²) in [5.41, 5.74) is 0.699. The summed E-state index contributed by atoms with van der Waals surface area (Å²) < 4.78 is 0. The van der Waals surface area contributed by atoms with Crippen LogP contribution in [0.3, 0.4) is 0 Å². The molecule has 0 atom stereocenters. The highest BCUT2D eigenvalue weighted by Gasteiger charge is 2.19. The molecule has 1 aromatic rings. The van der Waals surface area contributed by atoms with Gasteiger partial charge in [-0.1, -0.05) is 30.3 Å². The van der Waals surface area contributed by atoms with E-state index in [1.165, 1.54) is 0 Å². The first kappa shape index (κ1) is 15.2. The van der Waals surface area contributed by atoms with Crippen LogP contribution in [0.25, 0.3) is 0 Å². The number of ketones is 1. The van der Waals surface area contributed by atoms with Crippen LogP contribution >= 0.6 is 0 Å². The Morgan fingerprint density at radius 2 is 1.67 bits per heavy atom. The number of hydrogen-bond donors (Lipinski definition) is 0. The lowest BCUT2D eigenvalue weighted by Gasteiger charge is -2.32. The molecule has 2 rings (SSSR count). The maximum atomic E-state index is 12.0. The minimum Gasteiger partial charge on any atom is -0.342 e. The maximum absolute atomic E-state index is 12.0. The number of carbonyl (C=O) groups is 3. The molecule has 0 aliphatic carbocycles. The molecule has 1 aliphatic rings. The Morgan fingerprint density at radius 3 is 2.29 bits per heavy atom. The van der Waals surface area contributed by atoms with Crippen LogP contribution in [0.4, 0.5) is 0 Å². The molecule has 5 nitrogen and oxygen atoms in total. The van der Waals surface area contributed by atoms with Crippen molar-refractivity contribution < 1.29 is 14.4 Å². The quantitative estimate of drug-likeness (QED) is 0.586. The molecule has 1 heterocycles. The molecule has 0 bridgehead atoms. The van der Waals surface area contributed by atoms with Gasteiger partial charge in [0.05, 0.1) is 0 Å². The lowest BCUT2D eigenvalue weighted by Crippen LogP contribution is -2.48. The molecule has 1 aromatic carbocycles. The van der Waals surface area contributed by atoms with Crippen molar-refractivity contribution in [1.82, 2.24) is 9.80 Å². The number of Topliss-reactive ketones (excluding diaryl/α,β-unsaturated/α-hetero) is 1. The van der Waals surface area contributed by atoms with Gasteiger partial charge in [-0.3, -0.25) is 14.4 Å². The second-order valence-corrected chi connectivity index (χ2v) is 5.16. The van der Waals surface area contributed by atoms with Crippen LogP contribution in [-0.4, -0.2) is 54.1 Å². The van der Waals surface area contributed by atoms with Gasteiger partial charge in [0, 0.05) is 44.6 Å². The first-order chi connectivity index (χ1) is 10.2. The Hall–Kier alpha value is -2.17. The molecule has 0 saturated carbocycles. The third-order valence-electron chi connectivity index (χ3n) is 3.71. The van der Waals surface area contributed by atoms with Gasteiger partial charge in [-0.15, -0.1) is 0 Å². The molecular weight excluding hydrogens is 268 g/mol. The molecule has 1 aliphatic heterocycles. The van der Waals surface area contributed by atoms with Gasteiger partial charge < -0.3 is 9.80 Å². The fraction of sp³-hybridized carbons (Fsp3) is 0.438. The second-order valence-electron chi connectivity index (χ2n) is 5.16. The van der Waals surface area contributed by atoms with Crippen LogP contribution in [-0.2, 0) is 9.59 Å². The monoisotopic (exact) mass is 288 g/mol. The summed E-state index contributed by atoms with van der Waals surface area (Å²) in [6, 6.07) is 9.14. The molecule has 1 saturated heterocycles. The van der Waals surface area contributed by atoms with Gasteiger partial charge in [0.1, 0.15) is 0 Å². The predicted octanol–water partition coefficient (Wildman–Crippen LogP) is 1.34. The van der Waals surface area contributed by atoms with E-state index in [1.807, 2.05) is 18.2 Å². The lowest BCUT2D eigenvalue weighted by atomic mass is 10.1. The van der Waals surface area contributed by atoms with Gasteiger partial charge >= 0.3 is 0 Å². The van der Waals surface area contributed by atoms with E-state index in [9.17, 15) is 14.4 Å². The van der Waals surface area contributed by atoms with Crippen molar-refractivity contribution in [2.45, 2.75) is 19.3 Å². The average molecular weight is 288 g/mol. The van der Waals surface area contributed by atoms with E-state index in [1.54, 1.807) is 21.9 Å². The van der Waals surface area contributed by atoms with Crippen molar-refractivity contribution >= 4 is 18.1 Å². The number of carbonyl (C=O) groups excluding carboxylic acids is 3. The SMILES string of the molecule is O=CN1CCN(C(=O)CCCC(=O)c2ccccc2)CC1. The third kappa shape index (κ3) is 4.41. The van der Waals surface area contributed by atoms with Crippen LogP contribution in [0.15, 0.2) is 30.3 Å².